The molecule has 0 radical (unpaired) electrons. The summed E-state index contributed by atoms with van der Waals surface area (Å²) in [5.74, 6) is -1.09. The summed E-state index contributed by atoms with van der Waals surface area (Å²) < 4.78 is 11.1. The molecule has 234 valence electrons. The van der Waals surface area contributed by atoms with Crippen LogP contribution in [0, 0.1) is 17.8 Å². The van der Waals surface area contributed by atoms with Crippen molar-refractivity contribution in [2.24, 2.45) is 17.8 Å². The van der Waals surface area contributed by atoms with Crippen molar-refractivity contribution in [3.8, 4) is 0 Å². The third kappa shape index (κ3) is 14.8. The maximum Gasteiger partial charge on any atom is 0.309 e. The number of ether oxygens (including phenoxy) is 2. The highest BCUT2D eigenvalue weighted by molar-refractivity contribution is 5.86. The van der Waals surface area contributed by atoms with Crippen molar-refractivity contribution >= 4 is 17.8 Å². The van der Waals surface area contributed by atoms with Gasteiger partial charge in [-0.25, -0.2) is 0 Å². The minimum Gasteiger partial charge on any atom is -0.463 e. The Balaban J connectivity index is 2.02. The first kappa shape index (κ1) is 35.2. The van der Waals surface area contributed by atoms with E-state index < -0.39 is 5.92 Å². The molecule has 0 aromatic heterocycles. The summed E-state index contributed by atoms with van der Waals surface area (Å²) in [6.07, 6.45) is 13.5. The number of esters is 1. The summed E-state index contributed by atoms with van der Waals surface area (Å²) in [5.41, 5.74) is 1.09. The molecule has 1 aliphatic carbocycles. The zero-order chi connectivity index (χ0) is 30.4. The van der Waals surface area contributed by atoms with E-state index >= 15 is 0 Å². The van der Waals surface area contributed by atoms with Crippen LogP contribution in [0.5, 0.6) is 0 Å². The summed E-state index contributed by atoms with van der Waals surface area (Å²) >= 11 is 0. The van der Waals surface area contributed by atoms with Crippen LogP contribution in [0.15, 0.2) is 55.6 Å². The molecule has 2 amide bonds. The van der Waals surface area contributed by atoms with Crippen molar-refractivity contribution in [1.82, 2.24) is 10.6 Å². The largest absolute Gasteiger partial charge is 0.463 e. The van der Waals surface area contributed by atoms with Crippen LogP contribution in [0.3, 0.4) is 0 Å². The molecule has 1 aromatic carbocycles. The van der Waals surface area contributed by atoms with Gasteiger partial charge in [0, 0.05) is 13.0 Å². The highest BCUT2D eigenvalue weighted by atomic mass is 16.5. The van der Waals surface area contributed by atoms with Gasteiger partial charge in [-0.15, -0.1) is 13.2 Å². The highest BCUT2D eigenvalue weighted by Gasteiger charge is 2.28. The molecule has 0 spiro atoms. The second-order valence-corrected chi connectivity index (χ2v) is 11.3. The number of unbranched alkanes of at least 4 members (excludes halogenated alkanes) is 1. The first-order valence-corrected chi connectivity index (χ1v) is 15.6. The van der Waals surface area contributed by atoms with Crippen molar-refractivity contribution in [3.63, 3.8) is 0 Å². The third-order valence-corrected chi connectivity index (χ3v) is 7.79. The molecule has 8 nitrogen and oxygen atoms in total. The molecule has 3 unspecified atom stereocenters. The lowest BCUT2D eigenvalue weighted by Gasteiger charge is -2.28. The first-order chi connectivity index (χ1) is 20.5. The quantitative estimate of drug-likeness (QED) is 0.101. The molecular weight excluding hydrogens is 532 g/mol. The molecule has 42 heavy (non-hydrogen) atoms. The maximum atomic E-state index is 13.4. The summed E-state index contributed by atoms with van der Waals surface area (Å²) in [6, 6.07) is 9.64. The fourth-order valence-corrected chi connectivity index (χ4v) is 5.53. The molecule has 0 bridgehead atoms. The van der Waals surface area contributed by atoms with Crippen LogP contribution < -0.4 is 10.6 Å². The number of rotatable bonds is 22. The predicted molar refractivity (Wildman–Crippen MR) is 166 cm³/mol. The van der Waals surface area contributed by atoms with E-state index in [1.165, 1.54) is 19.3 Å². The van der Waals surface area contributed by atoms with E-state index in [9.17, 15) is 14.4 Å². The zero-order valence-corrected chi connectivity index (χ0v) is 25.3. The van der Waals surface area contributed by atoms with Crippen molar-refractivity contribution in [3.05, 3.63) is 61.2 Å². The molecule has 1 fully saturated rings. The number of carbonyl (C=O) groups excluding carboxylic acids is 3. The molecular formula is C34H52N2O6. The number of aliphatic hydroxyl groups excluding tert-OH is 1. The summed E-state index contributed by atoms with van der Waals surface area (Å²) in [7, 11) is 0. The molecule has 0 heterocycles. The second kappa shape index (κ2) is 21.7. The van der Waals surface area contributed by atoms with Crippen LogP contribution >= 0.6 is 0 Å². The van der Waals surface area contributed by atoms with Gasteiger partial charge in [0.2, 0.25) is 11.8 Å². The predicted octanol–water partition coefficient (Wildman–Crippen LogP) is 4.91. The number of hydrogen-bond acceptors (Lipinski definition) is 6. The lowest BCUT2D eigenvalue weighted by Crippen LogP contribution is -2.44. The number of carbonyl (C=O) groups is 3. The fourth-order valence-electron chi connectivity index (χ4n) is 5.53. The standard InChI is InChI=1S/C34H52N2O6/c1-3-5-8-18-30(23-27-14-9-6-10-15-27)34(40)42-26-31(24-28-16-11-7-12-17-28)36-33(39)29(13-4-2)25-32(38)35-19-21-41-22-20-37/h3-4,6,9-10,14-15,28-31,37H,1-2,5,7-8,11-13,16-26H2,(H,35,38)(H,36,39). The third-order valence-electron chi connectivity index (χ3n) is 7.79. The molecule has 0 aliphatic heterocycles. The molecule has 1 aromatic rings. The molecule has 3 N–H and O–H groups in total. The average molecular weight is 585 g/mol. The molecule has 1 aliphatic rings. The fraction of sp³-hybridized carbons (Fsp3) is 0.618. The van der Waals surface area contributed by atoms with Crippen LogP contribution in [-0.2, 0) is 30.3 Å². The lowest BCUT2D eigenvalue weighted by atomic mass is 9.84. The lowest BCUT2D eigenvalue weighted by molar-refractivity contribution is -0.150. The van der Waals surface area contributed by atoms with E-state index in [0.29, 0.717) is 31.7 Å². The van der Waals surface area contributed by atoms with Crippen LogP contribution in [0.4, 0.5) is 0 Å². The molecule has 0 saturated heterocycles. The zero-order valence-electron chi connectivity index (χ0n) is 25.3. The van der Waals surface area contributed by atoms with E-state index in [2.05, 4.69) is 23.8 Å². The second-order valence-electron chi connectivity index (χ2n) is 11.3. The van der Waals surface area contributed by atoms with Gasteiger partial charge in [-0.3, -0.25) is 14.4 Å². The van der Waals surface area contributed by atoms with Crippen molar-refractivity contribution in [1.29, 1.82) is 0 Å². The van der Waals surface area contributed by atoms with Gasteiger partial charge in [-0.2, -0.15) is 0 Å². The van der Waals surface area contributed by atoms with Gasteiger partial charge < -0.3 is 25.2 Å². The van der Waals surface area contributed by atoms with E-state index in [1.54, 1.807) is 6.08 Å². The SMILES string of the molecule is C=CCCCC(Cc1ccccc1)C(=O)OCC(CC1CCCCC1)NC(=O)C(CC=C)CC(=O)NCCOCCO. The van der Waals surface area contributed by atoms with Crippen molar-refractivity contribution in [2.75, 3.05) is 33.0 Å². The number of hydrogen-bond donors (Lipinski definition) is 3. The smallest absolute Gasteiger partial charge is 0.309 e. The van der Waals surface area contributed by atoms with Gasteiger partial charge in [0.15, 0.2) is 0 Å². The number of amides is 2. The Morgan fingerprint density at radius 1 is 1.02 bits per heavy atom. The van der Waals surface area contributed by atoms with Gasteiger partial charge in [-0.05, 0) is 50.0 Å². The Kier molecular flexibility index (Phi) is 18.2. The number of nitrogens with one attached hydrogen (secondary N) is 2. The molecule has 3 atom stereocenters. The van der Waals surface area contributed by atoms with E-state index in [-0.39, 0.29) is 62.6 Å². The minimum absolute atomic E-state index is 0.0241. The Morgan fingerprint density at radius 3 is 2.48 bits per heavy atom. The summed E-state index contributed by atoms with van der Waals surface area (Å²) in [4.78, 5) is 39.2. The number of allylic oxidation sites excluding steroid dienone is 2. The first-order valence-electron chi connectivity index (χ1n) is 15.6. The topological polar surface area (TPSA) is 114 Å². The molecule has 1 saturated carbocycles. The van der Waals surface area contributed by atoms with Crippen LogP contribution in [0.1, 0.15) is 76.2 Å². The van der Waals surface area contributed by atoms with Gasteiger partial charge in [0.25, 0.3) is 0 Å². The van der Waals surface area contributed by atoms with Gasteiger partial charge in [0.05, 0.1) is 37.7 Å². The normalized spacial score (nSPS) is 15.6. The van der Waals surface area contributed by atoms with Crippen LogP contribution in [0.2, 0.25) is 0 Å². The number of benzene rings is 1. The Hall–Kier alpha value is -2.97. The minimum atomic E-state index is -0.574. The van der Waals surface area contributed by atoms with Crippen molar-refractivity contribution in [2.45, 2.75) is 83.1 Å². The Labute approximate surface area is 252 Å². The monoisotopic (exact) mass is 584 g/mol. The molecule has 2 rings (SSSR count). The summed E-state index contributed by atoms with van der Waals surface area (Å²) in [6.45, 7) is 8.42. The Morgan fingerprint density at radius 2 is 1.79 bits per heavy atom. The van der Waals surface area contributed by atoms with Crippen LogP contribution in [-0.4, -0.2) is 61.9 Å². The van der Waals surface area contributed by atoms with Gasteiger partial charge in [0.1, 0.15) is 6.61 Å². The Bertz CT molecular complexity index is 931. The summed E-state index contributed by atoms with van der Waals surface area (Å²) in [5, 5.41) is 14.7. The van der Waals surface area contributed by atoms with E-state index in [0.717, 1.165) is 37.7 Å². The van der Waals surface area contributed by atoms with Gasteiger partial charge in [-0.1, -0.05) is 74.6 Å². The van der Waals surface area contributed by atoms with Crippen molar-refractivity contribution < 1.29 is 29.0 Å². The van der Waals surface area contributed by atoms with E-state index in [1.807, 2.05) is 36.4 Å². The average Bonchev–Trinajstić information content (AvgIpc) is 3.00. The maximum absolute atomic E-state index is 13.4. The molecule has 8 heteroatoms. The van der Waals surface area contributed by atoms with Crippen LogP contribution in [0.25, 0.3) is 0 Å². The van der Waals surface area contributed by atoms with E-state index in [4.69, 9.17) is 14.6 Å². The highest BCUT2D eigenvalue weighted by Crippen LogP contribution is 2.28. The van der Waals surface area contributed by atoms with Gasteiger partial charge >= 0.3 is 5.97 Å². The number of aliphatic hydroxyl groups is 1.